The Morgan fingerprint density at radius 1 is 1.30 bits per heavy atom. The van der Waals surface area contributed by atoms with Crippen molar-refractivity contribution < 1.29 is 18.3 Å². The van der Waals surface area contributed by atoms with E-state index in [0.29, 0.717) is 25.9 Å². The molecule has 0 aromatic heterocycles. The lowest BCUT2D eigenvalue weighted by atomic mass is 10.1. The highest BCUT2D eigenvalue weighted by atomic mass is 35.5. The van der Waals surface area contributed by atoms with Crippen LogP contribution in [-0.2, 0) is 4.79 Å². The van der Waals surface area contributed by atoms with E-state index < -0.39 is 11.6 Å². The Hall–Kier alpha value is -1.40. The van der Waals surface area contributed by atoms with Gasteiger partial charge in [0.05, 0.1) is 6.61 Å². The van der Waals surface area contributed by atoms with Gasteiger partial charge in [-0.05, 0) is 32.4 Å². The van der Waals surface area contributed by atoms with Crippen molar-refractivity contribution in [2.45, 2.75) is 38.8 Å². The molecule has 2 unspecified atom stereocenters. The fourth-order valence-corrected chi connectivity index (χ4v) is 2.69. The van der Waals surface area contributed by atoms with Gasteiger partial charge < -0.3 is 15.0 Å². The molecule has 1 fully saturated rings. The Labute approximate surface area is 141 Å². The number of hydrogen-bond acceptors (Lipinski definition) is 3. The average Bonchev–Trinajstić information content (AvgIpc) is 2.44. The lowest BCUT2D eigenvalue weighted by molar-refractivity contribution is -0.133. The lowest BCUT2D eigenvalue weighted by Gasteiger charge is -2.36. The predicted molar refractivity (Wildman–Crippen MR) is 87.0 cm³/mol. The molecule has 0 radical (unpaired) electrons. The number of benzene rings is 1. The Balaban J connectivity index is 0.00000264. The molecule has 0 spiro atoms. The number of piperazine rings is 1. The number of hydrogen-bond donors (Lipinski definition) is 1. The van der Waals surface area contributed by atoms with Crippen molar-refractivity contribution in [3.8, 4) is 5.75 Å². The largest absolute Gasteiger partial charge is 0.491 e. The fraction of sp³-hybridized carbons (Fsp3) is 0.562. The van der Waals surface area contributed by atoms with Gasteiger partial charge in [-0.1, -0.05) is 0 Å². The van der Waals surface area contributed by atoms with Crippen molar-refractivity contribution in [2.75, 3.05) is 19.7 Å². The molecule has 2 rings (SSSR count). The minimum Gasteiger partial charge on any atom is -0.491 e. The van der Waals surface area contributed by atoms with Crippen molar-refractivity contribution in [3.63, 3.8) is 0 Å². The van der Waals surface area contributed by atoms with Crippen molar-refractivity contribution in [3.05, 3.63) is 29.8 Å². The monoisotopic (exact) mass is 348 g/mol. The molecule has 1 N–H and O–H groups in total. The van der Waals surface area contributed by atoms with Gasteiger partial charge in [0.2, 0.25) is 5.91 Å². The van der Waals surface area contributed by atoms with Gasteiger partial charge in [0.15, 0.2) is 11.6 Å². The Morgan fingerprint density at radius 3 is 2.57 bits per heavy atom. The van der Waals surface area contributed by atoms with Gasteiger partial charge in [-0.25, -0.2) is 8.78 Å². The zero-order valence-corrected chi connectivity index (χ0v) is 14.2. The smallest absolute Gasteiger partial charge is 0.222 e. The fourth-order valence-electron chi connectivity index (χ4n) is 2.69. The molecule has 7 heteroatoms. The molecule has 1 aromatic carbocycles. The number of amides is 1. The molecule has 1 saturated heterocycles. The maximum atomic E-state index is 13.4. The number of halogens is 3. The number of rotatable bonds is 5. The summed E-state index contributed by atoms with van der Waals surface area (Å²) >= 11 is 0. The van der Waals surface area contributed by atoms with Crippen LogP contribution < -0.4 is 10.1 Å². The van der Waals surface area contributed by atoms with Crippen LogP contribution in [0.1, 0.15) is 26.7 Å². The summed E-state index contributed by atoms with van der Waals surface area (Å²) < 4.78 is 31.4. The summed E-state index contributed by atoms with van der Waals surface area (Å²) in [6.07, 6.45) is 0.866. The topological polar surface area (TPSA) is 41.6 Å². The van der Waals surface area contributed by atoms with Gasteiger partial charge in [0.1, 0.15) is 5.82 Å². The molecule has 0 bridgehead atoms. The van der Waals surface area contributed by atoms with Crippen molar-refractivity contribution >= 4 is 18.3 Å². The third kappa shape index (κ3) is 5.95. The third-order valence-electron chi connectivity index (χ3n) is 3.60. The van der Waals surface area contributed by atoms with E-state index in [1.54, 1.807) is 0 Å². The Kier molecular flexibility index (Phi) is 7.72. The summed E-state index contributed by atoms with van der Waals surface area (Å²) in [6.45, 7) is 5.74. The molecule has 130 valence electrons. The lowest BCUT2D eigenvalue weighted by Crippen LogP contribution is -2.55. The second-order valence-corrected chi connectivity index (χ2v) is 5.79. The average molecular weight is 349 g/mol. The van der Waals surface area contributed by atoms with Crippen LogP contribution in [0.25, 0.3) is 0 Å². The third-order valence-corrected chi connectivity index (χ3v) is 3.60. The second-order valence-electron chi connectivity index (χ2n) is 5.79. The molecular weight excluding hydrogens is 326 g/mol. The van der Waals surface area contributed by atoms with E-state index in [1.807, 2.05) is 4.90 Å². The molecule has 1 aliphatic heterocycles. The van der Waals surface area contributed by atoms with Gasteiger partial charge in [0.25, 0.3) is 0 Å². The zero-order chi connectivity index (χ0) is 16.1. The first-order valence-electron chi connectivity index (χ1n) is 7.57. The predicted octanol–water partition coefficient (Wildman–Crippen LogP) is 2.75. The summed E-state index contributed by atoms with van der Waals surface area (Å²) in [6, 6.07) is 3.76. The first-order chi connectivity index (χ1) is 10.5. The van der Waals surface area contributed by atoms with Crippen LogP contribution in [0.2, 0.25) is 0 Å². The number of nitrogens with one attached hydrogen (secondary N) is 1. The normalized spacial score (nSPS) is 20.8. The van der Waals surface area contributed by atoms with E-state index in [4.69, 9.17) is 4.74 Å². The highest BCUT2D eigenvalue weighted by molar-refractivity contribution is 5.85. The van der Waals surface area contributed by atoms with Crippen LogP contribution in [0.5, 0.6) is 5.75 Å². The van der Waals surface area contributed by atoms with Crippen molar-refractivity contribution in [1.29, 1.82) is 0 Å². The summed E-state index contributed by atoms with van der Waals surface area (Å²) in [5.74, 6) is -1.26. The van der Waals surface area contributed by atoms with Gasteiger partial charge >= 0.3 is 0 Å². The SMILES string of the molecule is CC1CN(C(=O)CCCOc2ccc(F)cc2F)CC(C)N1.Cl. The number of carbonyl (C=O) groups is 1. The maximum Gasteiger partial charge on any atom is 0.222 e. The molecule has 1 aromatic rings. The summed E-state index contributed by atoms with van der Waals surface area (Å²) in [5, 5.41) is 3.37. The quantitative estimate of drug-likeness (QED) is 0.832. The molecule has 0 aliphatic carbocycles. The van der Waals surface area contributed by atoms with E-state index in [0.717, 1.165) is 12.1 Å². The van der Waals surface area contributed by atoms with Gasteiger partial charge in [-0.15, -0.1) is 12.4 Å². The number of nitrogens with zero attached hydrogens (tertiary/aromatic N) is 1. The highest BCUT2D eigenvalue weighted by Crippen LogP contribution is 2.18. The van der Waals surface area contributed by atoms with E-state index in [-0.39, 0.29) is 42.8 Å². The summed E-state index contributed by atoms with van der Waals surface area (Å²) in [7, 11) is 0. The molecule has 4 nitrogen and oxygen atoms in total. The van der Waals surface area contributed by atoms with Gasteiger partial charge in [-0.2, -0.15) is 0 Å². The molecule has 1 aliphatic rings. The first kappa shape index (κ1) is 19.6. The minimum absolute atomic E-state index is 0. The molecule has 23 heavy (non-hydrogen) atoms. The van der Waals surface area contributed by atoms with Crippen molar-refractivity contribution in [2.24, 2.45) is 0 Å². The highest BCUT2D eigenvalue weighted by Gasteiger charge is 2.24. The van der Waals surface area contributed by atoms with E-state index in [2.05, 4.69) is 19.2 Å². The molecule has 2 atom stereocenters. The van der Waals surface area contributed by atoms with E-state index >= 15 is 0 Å². The van der Waals surface area contributed by atoms with Gasteiger partial charge in [-0.3, -0.25) is 4.79 Å². The number of ether oxygens (including phenoxy) is 1. The maximum absolute atomic E-state index is 13.4. The van der Waals surface area contributed by atoms with Crippen LogP contribution in [0.3, 0.4) is 0 Å². The Morgan fingerprint density at radius 2 is 1.96 bits per heavy atom. The van der Waals surface area contributed by atoms with Crippen LogP contribution in [-0.4, -0.2) is 42.6 Å². The van der Waals surface area contributed by atoms with Crippen LogP contribution in [0.4, 0.5) is 8.78 Å². The first-order valence-corrected chi connectivity index (χ1v) is 7.57. The van der Waals surface area contributed by atoms with Crippen LogP contribution >= 0.6 is 12.4 Å². The van der Waals surface area contributed by atoms with Crippen LogP contribution in [0, 0.1) is 11.6 Å². The molecule has 1 heterocycles. The molecular formula is C16H23ClF2N2O2. The standard InChI is InChI=1S/C16H22F2N2O2.ClH/c1-11-9-20(10-12(2)19-11)16(21)4-3-7-22-15-6-5-13(17)8-14(15)18;/h5-6,8,11-12,19H,3-4,7,9-10H2,1-2H3;1H. The number of carbonyl (C=O) groups excluding carboxylic acids is 1. The molecule has 1 amide bonds. The Bertz CT molecular complexity index is 521. The van der Waals surface area contributed by atoms with E-state index in [9.17, 15) is 13.6 Å². The van der Waals surface area contributed by atoms with Gasteiger partial charge in [0, 0.05) is 37.7 Å². The van der Waals surface area contributed by atoms with Crippen molar-refractivity contribution in [1.82, 2.24) is 10.2 Å². The molecule has 0 saturated carbocycles. The summed E-state index contributed by atoms with van der Waals surface area (Å²) in [4.78, 5) is 14.0. The summed E-state index contributed by atoms with van der Waals surface area (Å²) in [5.41, 5.74) is 0. The van der Waals surface area contributed by atoms with Crippen LogP contribution in [0.15, 0.2) is 18.2 Å². The van der Waals surface area contributed by atoms with E-state index in [1.165, 1.54) is 6.07 Å². The second kappa shape index (κ2) is 9.03. The minimum atomic E-state index is -0.726. The zero-order valence-electron chi connectivity index (χ0n) is 13.4.